The van der Waals surface area contributed by atoms with Crippen LogP contribution in [0.3, 0.4) is 0 Å². The molecule has 0 unspecified atom stereocenters. The Morgan fingerprint density at radius 2 is 1.72 bits per heavy atom. The summed E-state index contributed by atoms with van der Waals surface area (Å²) in [5.74, 6) is 0.811. The van der Waals surface area contributed by atoms with Gasteiger partial charge in [-0.25, -0.2) is 0 Å². The molecular weight excluding hydrogens is 220 g/mol. The second-order valence-electron chi connectivity index (χ2n) is 7.16. The van der Waals surface area contributed by atoms with Crippen molar-refractivity contribution in [2.24, 2.45) is 11.7 Å². The van der Waals surface area contributed by atoms with Gasteiger partial charge in [-0.05, 0) is 44.6 Å². The minimum atomic E-state index is 0.138. The molecule has 2 aliphatic rings. The SMILES string of the molecule is CC(C)CCN(CC1(N)CCCC1)C1CCCC1. The Labute approximate surface area is 113 Å². The van der Waals surface area contributed by atoms with E-state index in [1.165, 1.54) is 64.3 Å². The van der Waals surface area contributed by atoms with Gasteiger partial charge in [0.15, 0.2) is 0 Å². The smallest absolute Gasteiger partial charge is 0.0283 e. The van der Waals surface area contributed by atoms with Gasteiger partial charge in [-0.1, -0.05) is 39.5 Å². The fraction of sp³-hybridized carbons (Fsp3) is 1.00. The fourth-order valence-electron chi connectivity index (χ4n) is 3.73. The molecule has 2 heteroatoms. The molecule has 0 radical (unpaired) electrons. The van der Waals surface area contributed by atoms with Crippen LogP contribution in [-0.4, -0.2) is 29.6 Å². The molecular formula is C16H32N2. The minimum absolute atomic E-state index is 0.138. The first-order valence-electron chi connectivity index (χ1n) is 8.12. The maximum atomic E-state index is 6.59. The molecule has 0 spiro atoms. The fourth-order valence-corrected chi connectivity index (χ4v) is 3.73. The molecule has 0 amide bonds. The van der Waals surface area contributed by atoms with E-state index in [4.69, 9.17) is 5.73 Å². The zero-order valence-electron chi connectivity index (χ0n) is 12.5. The Morgan fingerprint density at radius 3 is 2.28 bits per heavy atom. The van der Waals surface area contributed by atoms with Crippen molar-refractivity contribution in [1.82, 2.24) is 4.90 Å². The van der Waals surface area contributed by atoms with E-state index in [9.17, 15) is 0 Å². The van der Waals surface area contributed by atoms with Crippen LogP contribution in [0.1, 0.15) is 71.6 Å². The molecule has 0 aromatic heterocycles. The summed E-state index contributed by atoms with van der Waals surface area (Å²) in [5.41, 5.74) is 6.73. The number of rotatable bonds is 6. The van der Waals surface area contributed by atoms with Crippen molar-refractivity contribution in [3.63, 3.8) is 0 Å². The van der Waals surface area contributed by atoms with Crippen LogP contribution in [0.25, 0.3) is 0 Å². The van der Waals surface area contributed by atoms with Crippen molar-refractivity contribution in [3.05, 3.63) is 0 Å². The molecule has 2 nitrogen and oxygen atoms in total. The lowest BCUT2D eigenvalue weighted by molar-refractivity contribution is 0.146. The van der Waals surface area contributed by atoms with Crippen molar-refractivity contribution in [3.8, 4) is 0 Å². The van der Waals surface area contributed by atoms with Gasteiger partial charge in [0.1, 0.15) is 0 Å². The van der Waals surface area contributed by atoms with Crippen molar-refractivity contribution >= 4 is 0 Å². The van der Waals surface area contributed by atoms with Crippen LogP contribution < -0.4 is 5.73 Å². The highest BCUT2D eigenvalue weighted by molar-refractivity contribution is 4.94. The van der Waals surface area contributed by atoms with Gasteiger partial charge in [-0.3, -0.25) is 4.90 Å². The number of nitrogens with two attached hydrogens (primary N) is 1. The van der Waals surface area contributed by atoms with Crippen LogP contribution in [0.2, 0.25) is 0 Å². The van der Waals surface area contributed by atoms with Gasteiger partial charge >= 0.3 is 0 Å². The maximum Gasteiger partial charge on any atom is 0.0283 e. The highest BCUT2D eigenvalue weighted by Gasteiger charge is 2.34. The summed E-state index contributed by atoms with van der Waals surface area (Å²) in [6, 6.07) is 0.838. The zero-order chi connectivity index (χ0) is 13.0. The molecule has 0 aromatic rings. The first kappa shape index (κ1) is 14.3. The summed E-state index contributed by atoms with van der Waals surface area (Å²) >= 11 is 0. The summed E-state index contributed by atoms with van der Waals surface area (Å²) in [7, 11) is 0. The normalized spacial score (nSPS) is 24.5. The maximum absolute atomic E-state index is 6.59. The zero-order valence-corrected chi connectivity index (χ0v) is 12.5. The minimum Gasteiger partial charge on any atom is -0.324 e. The molecule has 0 heterocycles. The molecule has 0 aliphatic heterocycles. The molecule has 2 saturated carbocycles. The Hall–Kier alpha value is -0.0800. The van der Waals surface area contributed by atoms with Crippen molar-refractivity contribution in [1.29, 1.82) is 0 Å². The van der Waals surface area contributed by atoms with E-state index < -0.39 is 0 Å². The number of nitrogens with zero attached hydrogens (tertiary/aromatic N) is 1. The van der Waals surface area contributed by atoms with E-state index in [0.717, 1.165) is 18.5 Å². The Balaban J connectivity index is 1.90. The summed E-state index contributed by atoms with van der Waals surface area (Å²) in [5, 5.41) is 0. The van der Waals surface area contributed by atoms with Crippen LogP contribution in [0, 0.1) is 5.92 Å². The molecule has 2 fully saturated rings. The lowest BCUT2D eigenvalue weighted by Gasteiger charge is -2.36. The number of hydrogen-bond acceptors (Lipinski definition) is 2. The van der Waals surface area contributed by atoms with Crippen molar-refractivity contribution < 1.29 is 0 Å². The second kappa shape index (κ2) is 6.38. The highest BCUT2D eigenvalue weighted by atomic mass is 15.2. The first-order chi connectivity index (χ1) is 8.59. The van der Waals surface area contributed by atoms with E-state index in [2.05, 4.69) is 18.7 Å². The van der Waals surface area contributed by atoms with E-state index in [1.807, 2.05) is 0 Å². The molecule has 2 N–H and O–H groups in total. The van der Waals surface area contributed by atoms with Crippen LogP contribution in [0.5, 0.6) is 0 Å². The van der Waals surface area contributed by atoms with E-state index in [-0.39, 0.29) is 5.54 Å². The van der Waals surface area contributed by atoms with Gasteiger partial charge in [0, 0.05) is 18.1 Å². The quantitative estimate of drug-likeness (QED) is 0.783. The van der Waals surface area contributed by atoms with Crippen LogP contribution >= 0.6 is 0 Å². The van der Waals surface area contributed by atoms with Gasteiger partial charge in [-0.15, -0.1) is 0 Å². The third-order valence-corrected chi connectivity index (χ3v) is 4.95. The standard InChI is InChI=1S/C16H32N2/c1-14(2)9-12-18(15-7-3-4-8-15)13-16(17)10-5-6-11-16/h14-15H,3-13,17H2,1-2H3. The van der Waals surface area contributed by atoms with Gasteiger partial charge < -0.3 is 5.73 Å². The van der Waals surface area contributed by atoms with Crippen LogP contribution in [0.4, 0.5) is 0 Å². The third-order valence-electron chi connectivity index (χ3n) is 4.95. The Kier molecular flexibility index (Phi) is 5.08. The monoisotopic (exact) mass is 252 g/mol. The topological polar surface area (TPSA) is 29.3 Å². The average molecular weight is 252 g/mol. The van der Waals surface area contributed by atoms with E-state index in [1.54, 1.807) is 0 Å². The van der Waals surface area contributed by atoms with Crippen LogP contribution in [0.15, 0.2) is 0 Å². The molecule has 18 heavy (non-hydrogen) atoms. The largest absolute Gasteiger partial charge is 0.324 e. The van der Waals surface area contributed by atoms with Crippen molar-refractivity contribution in [2.45, 2.75) is 83.2 Å². The second-order valence-corrected chi connectivity index (χ2v) is 7.16. The molecule has 106 valence electrons. The van der Waals surface area contributed by atoms with Gasteiger partial charge in [0.25, 0.3) is 0 Å². The third kappa shape index (κ3) is 3.96. The van der Waals surface area contributed by atoms with Crippen LogP contribution in [-0.2, 0) is 0 Å². The predicted molar refractivity (Wildman–Crippen MR) is 78.7 cm³/mol. The number of hydrogen-bond donors (Lipinski definition) is 1. The van der Waals surface area contributed by atoms with Gasteiger partial charge in [0.2, 0.25) is 0 Å². The molecule has 0 bridgehead atoms. The van der Waals surface area contributed by atoms with Crippen molar-refractivity contribution in [2.75, 3.05) is 13.1 Å². The summed E-state index contributed by atoms with van der Waals surface area (Å²) in [4.78, 5) is 2.75. The summed E-state index contributed by atoms with van der Waals surface area (Å²) in [6.45, 7) is 7.09. The Morgan fingerprint density at radius 1 is 1.11 bits per heavy atom. The van der Waals surface area contributed by atoms with E-state index >= 15 is 0 Å². The molecule has 0 saturated heterocycles. The highest BCUT2D eigenvalue weighted by Crippen LogP contribution is 2.31. The molecule has 2 aliphatic carbocycles. The summed E-state index contributed by atoms with van der Waals surface area (Å²) < 4.78 is 0. The lowest BCUT2D eigenvalue weighted by atomic mass is 9.96. The Bertz CT molecular complexity index is 237. The first-order valence-corrected chi connectivity index (χ1v) is 8.12. The van der Waals surface area contributed by atoms with E-state index in [0.29, 0.717) is 0 Å². The van der Waals surface area contributed by atoms with Gasteiger partial charge in [-0.2, -0.15) is 0 Å². The van der Waals surface area contributed by atoms with Gasteiger partial charge in [0.05, 0.1) is 0 Å². The molecule has 0 atom stereocenters. The average Bonchev–Trinajstić information content (AvgIpc) is 2.95. The summed E-state index contributed by atoms with van der Waals surface area (Å²) in [6.07, 6.45) is 12.2. The lowest BCUT2D eigenvalue weighted by Crippen LogP contribution is -2.51. The molecule has 2 rings (SSSR count). The molecule has 0 aromatic carbocycles. The predicted octanol–water partition coefficient (Wildman–Crippen LogP) is 3.55.